The van der Waals surface area contributed by atoms with Gasteiger partial charge >= 0.3 is 0 Å². The molecule has 1 aliphatic carbocycles. The zero-order valence-corrected chi connectivity index (χ0v) is 11.1. The Morgan fingerprint density at radius 1 is 1.35 bits per heavy atom. The van der Waals surface area contributed by atoms with Crippen molar-refractivity contribution in [2.75, 3.05) is 14.2 Å². The van der Waals surface area contributed by atoms with Gasteiger partial charge in [0.05, 0.1) is 12.1 Å². The molecule has 1 N–H and O–H groups in total. The van der Waals surface area contributed by atoms with Crippen LogP contribution in [0.15, 0.2) is 24.3 Å². The van der Waals surface area contributed by atoms with Crippen LogP contribution in [0.25, 0.3) is 0 Å². The number of rotatable bonds is 5. The van der Waals surface area contributed by atoms with Crippen LogP contribution in [0.1, 0.15) is 49.3 Å². The molecule has 94 valence electrons. The van der Waals surface area contributed by atoms with Crippen LogP contribution in [0.5, 0.6) is 0 Å². The Labute approximate surface area is 104 Å². The maximum absolute atomic E-state index is 5.44. The van der Waals surface area contributed by atoms with Crippen molar-refractivity contribution >= 4 is 0 Å². The number of benzene rings is 1. The van der Waals surface area contributed by atoms with Gasteiger partial charge in [0.2, 0.25) is 0 Å². The lowest BCUT2D eigenvalue weighted by Gasteiger charge is -2.28. The minimum atomic E-state index is 0.191. The van der Waals surface area contributed by atoms with E-state index in [9.17, 15) is 0 Å². The molecule has 0 bridgehead atoms. The lowest BCUT2D eigenvalue weighted by Crippen LogP contribution is -2.28. The summed E-state index contributed by atoms with van der Waals surface area (Å²) in [7, 11) is 3.76. The smallest absolute Gasteiger partial charge is 0.0737 e. The minimum Gasteiger partial charge on any atom is -0.380 e. The molecule has 2 nitrogen and oxygen atoms in total. The molecule has 17 heavy (non-hydrogen) atoms. The third kappa shape index (κ3) is 2.70. The molecule has 0 aliphatic heterocycles. The van der Waals surface area contributed by atoms with Gasteiger partial charge in [-0.3, -0.25) is 0 Å². The number of likely N-dealkylation sites (N-methyl/N-ethyl adjacent to an activating group) is 1. The van der Waals surface area contributed by atoms with Gasteiger partial charge in [-0.25, -0.2) is 0 Å². The fraction of sp³-hybridized carbons (Fsp3) is 0.600. The molecule has 1 aliphatic rings. The average molecular weight is 233 g/mol. The van der Waals surface area contributed by atoms with Crippen molar-refractivity contribution in [1.82, 2.24) is 5.32 Å². The molecule has 0 heterocycles. The first-order valence-electron chi connectivity index (χ1n) is 6.56. The van der Waals surface area contributed by atoms with Crippen molar-refractivity contribution < 1.29 is 4.74 Å². The molecule has 1 aromatic rings. The van der Waals surface area contributed by atoms with E-state index in [1.807, 2.05) is 7.05 Å². The van der Waals surface area contributed by atoms with Crippen LogP contribution >= 0.6 is 0 Å². The van der Waals surface area contributed by atoms with Crippen LogP contribution in [0, 0.1) is 0 Å². The lowest BCUT2D eigenvalue weighted by molar-refractivity contribution is 0.0856. The molecule has 2 rings (SSSR count). The predicted octanol–water partition coefficient (Wildman–Crippen LogP) is 3.25. The summed E-state index contributed by atoms with van der Waals surface area (Å²) in [5.74, 6) is 0.797. The van der Waals surface area contributed by atoms with Crippen molar-refractivity contribution in [3.05, 3.63) is 35.4 Å². The van der Waals surface area contributed by atoms with Gasteiger partial charge in [-0.2, -0.15) is 0 Å². The van der Waals surface area contributed by atoms with Gasteiger partial charge in [0.1, 0.15) is 0 Å². The number of ether oxygens (including phenoxy) is 1. The first-order chi connectivity index (χ1) is 8.26. The molecule has 1 fully saturated rings. The molecule has 1 saturated carbocycles. The molecule has 0 aromatic heterocycles. The number of hydrogen-bond acceptors (Lipinski definition) is 2. The van der Waals surface area contributed by atoms with E-state index in [0.717, 1.165) is 5.92 Å². The monoisotopic (exact) mass is 233 g/mol. The molecule has 2 atom stereocenters. The Balaban J connectivity index is 2.18. The van der Waals surface area contributed by atoms with Crippen LogP contribution in [-0.4, -0.2) is 20.3 Å². The fourth-order valence-electron chi connectivity index (χ4n) is 2.56. The summed E-state index contributed by atoms with van der Waals surface area (Å²) in [6, 6.07) is 9.26. The molecular formula is C15H23NO. The molecule has 1 aromatic carbocycles. The highest BCUT2D eigenvalue weighted by molar-refractivity contribution is 5.30. The molecule has 0 amide bonds. The zero-order chi connectivity index (χ0) is 12.3. The molecule has 0 saturated heterocycles. The normalized spacial score (nSPS) is 19.7. The van der Waals surface area contributed by atoms with Crippen LogP contribution < -0.4 is 5.32 Å². The van der Waals surface area contributed by atoms with E-state index in [4.69, 9.17) is 4.74 Å². The SMILES string of the molecule is CNC(c1cccc(C2CCC2)c1)C(C)OC. The third-order valence-corrected chi connectivity index (χ3v) is 4.00. The van der Waals surface area contributed by atoms with Crippen molar-refractivity contribution in [1.29, 1.82) is 0 Å². The number of nitrogens with one attached hydrogen (secondary N) is 1. The summed E-state index contributed by atoms with van der Waals surface area (Å²) in [4.78, 5) is 0. The standard InChI is InChI=1S/C15H23NO/c1-11(17-3)15(16-2)14-9-5-8-13(10-14)12-6-4-7-12/h5,8-12,15-16H,4,6-7H2,1-3H3. The summed E-state index contributed by atoms with van der Waals surface area (Å²) in [6.07, 6.45) is 4.29. The van der Waals surface area contributed by atoms with Gasteiger partial charge in [0, 0.05) is 7.11 Å². The molecule has 2 heteroatoms. The lowest BCUT2D eigenvalue weighted by atomic mass is 9.79. The van der Waals surface area contributed by atoms with Gasteiger partial charge in [0.15, 0.2) is 0 Å². The second-order valence-corrected chi connectivity index (χ2v) is 5.01. The summed E-state index contributed by atoms with van der Waals surface area (Å²) < 4.78 is 5.44. The number of methoxy groups -OCH3 is 1. The highest BCUT2D eigenvalue weighted by Crippen LogP contribution is 2.37. The van der Waals surface area contributed by atoms with E-state index in [0.29, 0.717) is 0 Å². The van der Waals surface area contributed by atoms with E-state index >= 15 is 0 Å². The van der Waals surface area contributed by atoms with Crippen LogP contribution in [0.2, 0.25) is 0 Å². The predicted molar refractivity (Wildman–Crippen MR) is 71.3 cm³/mol. The topological polar surface area (TPSA) is 21.3 Å². The maximum atomic E-state index is 5.44. The number of hydrogen-bond donors (Lipinski definition) is 1. The molecule has 0 radical (unpaired) electrons. The Morgan fingerprint density at radius 2 is 2.12 bits per heavy atom. The summed E-state index contributed by atoms with van der Waals surface area (Å²) in [5.41, 5.74) is 2.84. The van der Waals surface area contributed by atoms with E-state index in [1.54, 1.807) is 7.11 Å². The highest BCUT2D eigenvalue weighted by Gasteiger charge is 2.22. The molecule has 2 unspecified atom stereocenters. The van der Waals surface area contributed by atoms with E-state index in [2.05, 4.69) is 36.5 Å². The Morgan fingerprint density at radius 3 is 2.65 bits per heavy atom. The van der Waals surface area contributed by atoms with Crippen molar-refractivity contribution in [2.24, 2.45) is 0 Å². The van der Waals surface area contributed by atoms with Gasteiger partial charge in [-0.1, -0.05) is 30.7 Å². The van der Waals surface area contributed by atoms with Gasteiger partial charge in [-0.15, -0.1) is 0 Å². The van der Waals surface area contributed by atoms with Crippen LogP contribution in [-0.2, 0) is 4.74 Å². The Kier molecular flexibility index (Phi) is 4.19. The second kappa shape index (κ2) is 5.65. The maximum Gasteiger partial charge on any atom is 0.0737 e. The minimum absolute atomic E-state index is 0.191. The Bertz CT molecular complexity index is 360. The first kappa shape index (κ1) is 12.6. The first-order valence-corrected chi connectivity index (χ1v) is 6.56. The van der Waals surface area contributed by atoms with E-state index in [1.165, 1.54) is 30.4 Å². The summed E-state index contributed by atoms with van der Waals surface area (Å²) in [6.45, 7) is 2.11. The van der Waals surface area contributed by atoms with Crippen LogP contribution in [0.3, 0.4) is 0 Å². The Hall–Kier alpha value is -0.860. The highest BCUT2D eigenvalue weighted by atomic mass is 16.5. The van der Waals surface area contributed by atoms with Gasteiger partial charge in [0.25, 0.3) is 0 Å². The summed E-state index contributed by atoms with van der Waals surface area (Å²) >= 11 is 0. The van der Waals surface area contributed by atoms with Crippen molar-refractivity contribution in [2.45, 2.75) is 44.2 Å². The van der Waals surface area contributed by atoms with Crippen LogP contribution in [0.4, 0.5) is 0 Å². The fourth-order valence-corrected chi connectivity index (χ4v) is 2.56. The average Bonchev–Trinajstić information content (AvgIpc) is 2.28. The van der Waals surface area contributed by atoms with E-state index in [-0.39, 0.29) is 12.1 Å². The quantitative estimate of drug-likeness (QED) is 0.843. The van der Waals surface area contributed by atoms with Crippen molar-refractivity contribution in [3.63, 3.8) is 0 Å². The molecular weight excluding hydrogens is 210 g/mol. The largest absolute Gasteiger partial charge is 0.380 e. The zero-order valence-electron chi connectivity index (χ0n) is 11.1. The van der Waals surface area contributed by atoms with E-state index < -0.39 is 0 Å². The second-order valence-electron chi connectivity index (χ2n) is 5.01. The summed E-state index contributed by atoms with van der Waals surface area (Å²) in [5, 5.41) is 3.35. The third-order valence-electron chi connectivity index (χ3n) is 4.00. The van der Waals surface area contributed by atoms with Crippen molar-refractivity contribution in [3.8, 4) is 0 Å². The van der Waals surface area contributed by atoms with Gasteiger partial charge in [-0.05, 0) is 43.9 Å². The molecule has 0 spiro atoms. The van der Waals surface area contributed by atoms with Gasteiger partial charge < -0.3 is 10.1 Å².